The Morgan fingerprint density at radius 2 is 2.10 bits per heavy atom. The van der Waals surface area contributed by atoms with Gasteiger partial charge < -0.3 is 10.6 Å². The summed E-state index contributed by atoms with van der Waals surface area (Å²) in [6.07, 6.45) is 0. The Hall–Kier alpha value is -1.79. The molecule has 21 heavy (non-hydrogen) atoms. The van der Waals surface area contributed by atoms with Gasteiger partial charge in [-0.05, 0) is 31.1 Å². The molecule has 110 valence electrons. The summed E-state index contributed by atoms with van der Waals surface area (Å²) in [5.74, 6) is -0.417. The van der Waals surface area contributed by atoms with Crippen molar-refractivity contribution in [2.75, 3.05) is 12.0 Å². The first-order chi connectivity index (χ1) is 10.1. The highest BCUT2D eigenvalue weighted by Gasteiger charge is 2.42. The van der Waals surface area contributed by atoms with E-state index in [0.29, 0.717) is 11.6 Å². The van der Waals surface area contributed by atoms with Crippen molar-refractivity contribution in [2.24, 2.45) is 5.92 Å². The molecule has 2 aliphatic heterocycles. The average molecular weight is 303 g/mol. The Kier molecular flexibility index (Phi) is 3.73. The van der Waals surface area contributed by atoms with Gasteiger partial charge in [0.05, 0.1) is 22.9 Å². The van der Waals surface area contributed by atoms with E-state index in [1.54, 1.807) is 0 Å². The fraction of sp³-hybridized carbons (Fsp3) is 0.333. The maximum absolute atomic E-state index is 12.5. The van der Waals surface area contributed by atoms with Crippen LogP contribution < -0.4 is 16.0 Å². The molecular weight excluding hydrogens is 286 g/mol. The van der Waals surface area contributed by atoms with Crippen LogP contribution in [0.15, 0.2) is 34.7 Å². The van der Waals surface area contributed by atoms with Gasteiger partial charge in [0.2, 0.25) is 5.91 Å². The quantitative estimate of drug-likeness (QED) is 0.776. The molecule has 1 aromatic rings. The van der Waals surface area contributed by atoms with Gasteiger partial charge in [-0.25, -0.2) is 0 Å². The van der Waals surface area contributed by atoms with Crippen molar-refractivity contribution >= 4 is 29.3 Å². The summed E-state index contributed by atoms with van der Waals surface area (Å²) in [7, 11) is 0. The van der Waals surface area contributed by atoms with Crippen LogP contribution in [0.1, 0.15) is 12.5 Å². The van der Waals surface area contributed by atoms with E-state index in [1.165, 1.54) is 11.8 Å². The molecular formula is C15H17N3O2S. The van der Waals surface area contributed by atoms with Crippen molar-refractivity contribution in [3.8, 4) is 0 Å². The number of fused-ring (bicyclic) bond motifs is 1. The van der Waals surface area contributed by atoms with Crippen LogP contribution in [0.4, 0.5) is 5.69 Å². The molecule has 5 nitrogen and oxygen atoms in total. The first kappa shape index (κ1) is 14.2. The summed E-state index contributed by atoms with van der Waals surface area (Å²) in [5.41, 5.74) is 2.65. The number of amides is 2. The van der Waals surface area contributed by atoms with E-state index in [1.807, 2.05) is 38.1 Å². The molecule has 6 heteroatoms. The molecule has 3 N–H and O–H groups in total. The van der Waals surface area contributed by atoms with Crippen molar-refractivity contribution in [1.82, 2.24) is 10.6 Å². The predicted molar refractivity (Wildman–Crippen MR) is 83.5 cm³/mol. The van der Waals surface area contributed by atoms with Gasteiger partial charge >= 0.3 is 0 Å². The Morgan fingerprint density at radius 1 is 1.33 bits per heavy atom. The fourth-order valence-electron chi connectivity index (χ4n) is 2.62. The van der Waals surface area contributed by atoms with E-state index in [-0.39, 0.29) is 23.1 Å². The lowest BCUT2D eigenvalue weighted by Crippen LogP contribution is -2.52. The third-order valence-corrected chi connectivity index (χ3v) is 5.26. The van der Waals surface area contributed by atoms with Gasteiger partial charge in [0, 0.05) is 5.69 Å². The second-order valence-corrected chi connectivity index (χ2v) is 6.37. The summed E-state index contributed by atoms with van der Waals surface area (Å²) in [5, 5.41) is 8.87. The molecule has 2 unspecified atom stereocenters. The third-order valence-electron chi connectivity index (χ3n) is 3.82. The lowest BCUT2D eigenvalue weighted by Gasteiger charge is -2.26. The minimum atomic E-state index is -0.263. The molecule has 0 bridgehead atoms. The van der Waals surface area contributed by atoms with Gasteiger partial charge in [0.25, 0.3) is 5.91 Å². The molecule has 0 spiro atoms. The number of aryl methyl sites for hydroxylation is 1. The Labute approximate surface area is 127 Å². The highest BCUT2D eigenvalue weighted by atomic mass is 32.2. The van der Waals surface area contributed by atoms with Gasteiger partial charge in [-0.2, -0.15) is 0 Å². The highest BCUT2D eigenvalue weighted by Crippen LogP contribution is 2.42. The van der Waals surface area contributed by atoms with E-state index in [4.69, 9.17) is 0 Å². The van der Waals surface area contributed by atoms with E-state index in [0.717, 1.165) is 16.8 Å². The van der Waals surface area contributed by atoms with E-state index in [2.05, 4.69) is 16.0 Å². The third kappa shape index (κ3) is 2.56. The average Bonchev–Trinajstić information content (AvgIpc) is 2.80. The summed E-state index contributed by atoms with van der Waals surface area (Å²) in [6, 6.07) is 7.65. The van der Waals surface area contributed by atoms with Crippen LogP contribution in [-0.2, 0) is 9.59 Å². The molecule has 0 aliphatic carbocycles. The number of carbonyl (C=O) groups excluding carboxylic acids is 2. The van der Waals surface area contributed by atoms with Crippen molar-refractivity contribution in [2.45, 2.75) is 19.2 Å². The number of hydrogen-bond acceptors (Lipinski definition) is 4. The SMILES string of the molecule is CC1=C(C(=O)Nc2ccccc2C)SC2NCNC(=O)C12. The molecule has 3 rings (SSSR count). The predicted octanol–water partition coefficient (Wildman–Crippen LogP) is 1.57. The highest BCUT2D eigenvalue weighted by molar-refractivity contribution is 8.04. The molecule has 0 radical (unpaired) electrons. The van der Waals surface area contributed by atoms with Crippen molar-refractivity contribution in [1.29, 1.82) is 0 Å². The van der Waals surface area contributed by atoms with Crippen LogP contribution in [-0.4, -0.2) is 23.9 Å². The lowest BCUT2D eigenvalue weighted by molar-refractivity contribution is -0.125. The molecule has 1 saturated heterocycles. The smallest absolute Gasteiger partial charge is 0.262 e. The second-order valence-electron chi connectivity index (χ2n) is 5.22. The molecule has 1 aromatic carbocycles. The number of para-hydroxylation sites is 1. The van der Waals surface area contributed by atoms with Crippen LogP contribution in [0.3, 0.4) is 0 Å². The van der Waals surface area contributed by atoms with Crippen LogP contribution >= 0.6 is 11.8 Å². The molecule has 2 aliphatic rings. The molecule has 1 fully saturated rings. The topological polar surface area (TPSA) is 70.2 Å². The largest absolute Gasteiger partial charge is 0.343 e. The first-order valence-electron chi connectivity index (χ1n) is 6.83. The van der Waals surface area contributed by atoms with Crippen LogP contribution in [0.2, 0.25) is 0 Å². The van der Waals surface area contributed by atoms with Crippen molar-refractivity contribution < 1.29 is 9.59 Å². The van der Waals surface area contributed by atoms with Gasteiger partial charge in [0.1, 0.15) is 0 Å². The van der Waals surface area contributed by atoms with E-state index in [9.17, 15) is 9.59 Å². The van der Waals surface area contributed by atoms with E-state index >= 15 is 0 Å². The van der Waals surface area contributed by atoms with Gasteiger partial charge in [-0.3, -0.25) is 14.9 Å². The standard InChI is InChI=1S/C15H17N3O2S/c1-8-5-3-4-6-10(8)18-14(20)12-9(2)11-13(19)16-7-17-15(11)21-12/h3-6,11,15,17H,7H2,1-2H3,(H,16,19)(H,18,20). The maximum atomic E-state index is 12.5. The minimum absolute atomic E-state index is 0.0116. The van der Waals surface area contributed by atoms with Gasteiger partial charge in [-0.15, -0.1) is 11.8 Å². The molecule has 2 heterocycles. The number of thioether (sulfide) groups is 1. The fourth-order valence-corrected chi connectivity index (χ4v) is 3.98. The summed E-state index contributed by atoms with van der Waals surface area (Å²) in [6.45, 7) is 4.26. The summed E-state index contributed by atoms with van der Waals surface area (Å²) < 4.78 is 0. The zero-order chi connectivity index (χ0) is 15.0. The van der Waals surface area contributed by atoms with Gasteiger partial charge in [0.15, 0.2) is 0 Å². The molecule has 2 atom stereocenters. The maximum Gasteiger partial charge on any atom is 0.262 e. The normalized spacial score (nSPS) is 24.6. The van der Waals surface area contributed by atoms with Crippen molar-refractivity contribution in [3.05, 3.63) is 40.3 Å². The van der Waals surface area contributed by atoms with Crippen molar-refractivity contribution in [3.63, 3.8) is 0 Å². The molecule has 2 amide bonds. The van der Waals surface area contributed by atoms with Crippen LogP contribution in [0, 0.1) is 12.8 Å². The van der Waals surface area contributed by atoms with E-state index < -0.39 is 0 Å². The lowest BCUT2D eigenvalue weighted by atomic mass is 9.97. The number of rotatable bonds is 2. The summed E-state index contributed by atoms with van der Waals surface area (Å²) in [4.78, 5) is 25.1. The molecule has 0 saturated carbocycles. The number of nitrogens with one attached hydrogen (secondary N) is 3. The number of carbonyl (C=O) groups is 2. The zero-order valence-electron chi connectivity index (χ0n) is 11.9. The number of anilines is 1. The number of benzene rings is 1. The minimum Gasteiger partial charge on any atom is -0.343 e. The van der Waals surface area contributed by atoms with Crippen LogP contribution in [0.5, 0.6) is 0 Å². The monoisotopic (exact) mass is 303 g/mol. The van der Waals surface area contributed by atoms with Crippen LogP contribution in [0.25, 0.3) is 0 Å². The first-order valence-corrected chi connectivity index (χ1v) is 7.71. The zero-order valence-corrected chi connectivity index (χ0v) is 12.7. The Morgan fingerprint density at radius 3 is 2.81 bits per heavy atom. The second kappa shape index (κ2) is 5.54. The molecule has 0 aromatic heterocycles. The Balaban J connectivity index is 1.82. The Bertz CT molecular complexity index is 642. The number of hydrogen-bond donors (Lipinski definition) is 3. The van der Waals surface area contributed by atoms with Gasteiger partial charge in [-0.1, -0.05) is 18.2 Å². The summed E-state index contributed by atoms with van der Waals surface area (Å²) >= 11 is 1.44.